The third kappa shape index (κ3) is 6.17. The van der Waals surface area contributed by atoms with Gasteiger partial charge in [0.15, 0.2) is 11.5 Å². The van der Waals surface area contributed by atoms with Gasteiger partial charge in [-0.1, -0.05) is 0 Å². The van der Waals surface area contributed by atoms with Crippen LogP contribution in [0.1, 0.15) is 18.1 Å². The Balaban J connectivity index is 2.26. The predicted molar refractivity (Wildman–Crippen MR) is 113 cm³/mol. The molecule has 0 heterocycles. The van der Waals surface area contributed by atoms with Gasteiger partial charge in [0.05, 0.1) is 15.6 Å². The first-order valence-corrected chi connectivity index (χ1v) is 9.25. The fourth-order valence-electron chi connectivity index (χ4n) is 2.34. The van der Waals surface area contributed by atoms with E-state index in [4.69, 9.17) is 9.47 Å². The van der Waals surface area contributed by atoms with Gasteiger partial charge in [-0.15, -0.1) is 0 Å². The first kappa shape index (κ1) is 22.1. The molecule has 2 N–H and O–H groups in total. The summed E-state index contributed by atoms with van der Waals surface area (Å²) in [6.07, 6.45) is 1.31. The molecule has 10 heteroatoms. The molecule has 0 aromatic heterocycles. The number of ether oxygens (including phenoxy) is 2. The number of nitrogens with one attached hydrogen (secondary N) is 1. The number of carboxylic acids is 1. The van der Waals surface area contributed by atoms with E-state index in [1.54, 1.807) is 24.3 Å². The number of nitro benzene ring substituents is 1. The van der Waals surface area contributed by atoms with Crippen LogP contribution in [-0.4, -0.2) is 29.0 Å². The number of halogens is 1. The number of hydrogen-bond donors (Lipinski definition) is 2. The van der Waals surface area contributed by atoms with Gasteiger partial charge in [0.1, 0.15) is 12.3 Å². The second-order valence-electron chi connectivity index (χ2n) is 5.79. The molecule has 29 heavy (non-hydrogen) atoms. The number of rotatable bonds is 8. The lowest BCUT2D eigenvalue weighted by Gasteiger charge is -2.14. The van der Waals surface area contributed by atoms with Gasteiger partial charge in [-0.2, -0.15) is 0 Å². The van der Waals surface area contributed by atoms with Crippen LogP contribution in [-0.2, 0) is 16.2 Å². The van der Waals surface area contributed by atoms with E-state index >= 15 is 0 Å². The van der Waals surface area contributed by atoms with E-state index in [0.29, 0.717) is 20.6 Å². The number of nitro groups is 1. The van der Waals surface area contributed by atoms with Crippen LogP contribution in [0.2, 0.25) is 0 Å². The van der Waals surface area contributed by atoms with Crippen molar-refractivity contribution in [3.63, 3.8) is 0 Å². The Labute approximate surface area is 179 Å². The van der Waals surface area contributed by atoms with Crippen LogP contribution in [0, 0.1) is 13.7 Å². The number of nitrogens with zero attached hydrogens (tertiary/aromatic N) is 1. The van der Waals surface area contributed by atoms with E-state index < -0.39 is 16.8 Å². The maximum absolute atomic E-state index is 11.3. The molecule has 0 aliphatic rings. The second kappa shape index (κ2) is 9.87. The number of carboxylic acid groups (broad SMARTS) is 1. The minimum atomic E-state index is -1.27. The van der Waals surface area contributed by atoms with Gasteiger partial charge < -0.3 is 19.9 Å². The third-order valence-electron chi connectivity index (χ3n) is 3.63. The molecule has 0 saturated carbocycles. The highest BCUT2D eigenvalue weighted by Gasteiger charge is 2.14. The molecule has 0 atom stereocenters. The van der Waals surface area contributed by atoms with Crippen molar-refractivity contribution >= 4 is 46.2 Å². The summed E-state index contributed by atoms with van der Waals surface area (Å²) in [7, 11) is 1.45. The van der Waals surface area contributed by atoms with Crippen molar-refractivity contribution in [1.29, 1.82) is 0 Å². The number of non-ortho nitro benzene ring substituents is 1. The first-order valence-electron chi connectivity index (χ1n) is 8.17. The highest BCUT2D eigenvalue weighted by Crippen LogP contribution is 2.35. The van der Waals surface area contributed by atoms with Crippen LogP contribution < -0.4 is 14.8 Å². The molecule has 2 aromatic carbocycles. The van der Waals surface area contributed by atoms with Gasteiger partial charge in [0.25, 0.3) is 5.69 Å². The number of carbonyl (C=O) groups is 2. The van der Waals surface area contributed by atoms with Gasteiger partial charge in [-0.25, -0.2) is 4.79 Å². The average Bonchev–Trinajstić information content (AvgIpc) is 2.66. The molecule has 0 saturated heterocycles. The van der Waals surface area contributed by atoms with Crippen molar-refractivity contribution in [2.24, 2.45) is 0 Å². The minimum Gasteiger partial charge on any atom is -0.493 e. The molecule has 0 radical (unpaired) electrons. The third-order valence-corrected chi connectivity index (χ3v) is 4.44. The second-order valence-corrected chi connectivity index (χ2v) is 6.95. The normalized spacial score (nSPS) is 10.9. The van der Waals surface area contributed by atoms with Crippen LogP contribution in [0.15, 0.2) is 42.1 Å². The molecule has 0 spiro atoms. The maximum atomic E-state index is 11.3. The van der Waals surface area contributed by atoms with E-state index in [1.807, 2.05) is 22.6 Å². The van der Waals surface area contributed by atoms with Crippen molar-refractivity contribution in [3.05, 3.63) is 66.9 Å². The van der Waals surface area contributed by atoms with E-state index in [9.17, 15) is 24.8 Å². The Morgan fingerprint density at radius 3 is 2.45 bits per heavy atom. The summed E-state index contributed by atoms with van der Waals surface area (Å²) in [6, 6.07) is 9.24. The highest BCUT2D eigenvalue weighted by molar-refractivity contribution is 14.1. The van der Waals surface area contributed by atoms with Gasteiger partial charge in [-0.05, 0) is 64.1 Å². The van der Waals surface area contributed by atoms with Crippen LogP contribution in [0.25, 0.3) is 6.08 Å². The van der Waals surface area contributed by atoms with E-state index in [0.717, 1.165) is 5.56 Å². The summed E-state index contributed by atoms with van der Waals surface area (Å²) in [5, 5.41) is 22.2. The molecule has 0 fully saturated rings. The molecular formula is C19H17IN2O7. The number of hydrogen-bond acceptors (Lipinski definition) is 6. The number of aliphatic carboxylic acids is 1. The first-order chi connectivity index (χ1) is 13.7. The van der Waals surface area contributed by atoms with Crippen LogP contribution in [0.4, 0.5) is 5.69 Å². The lowest BCUT2D eigenvalue weighted by atomic mass is 10.1. The largest absolute Gasteiger partial charge is 0.493 e. The van der Waals surface area contributed by atoms with Gasteiger partial charge in [-0.3, -0.25) is 14.9 Å². The predicted octanol–water partition coefficient (Wildman–Crippen LogP) is 3.35. The van der Waals surface area contributed by atoms with Gasteiger partial charge >= 0.3 is 5.97 Å². The Morgan fingerprint density at radius 1 is 1.28 bits per heavy atom. The lowest BCUT2D eigenvalue weighted by Crippen LogP contribution is -2.24. The molecule has 9 nitrogen and oxygen atoms in total. The zero-order valence-electron chi connectivity index (χ0n) is 15.5. The number of amides is 1. The Morgan fingerprint density at radius 2 is 1.93 bits per heavy atom. The highest BCUT2D eigenvalue weighted by atomic mass is 127. The molecular weight excluding hydrogens is 495 g/mol. The van der Waals surface area contributed by atoms with Crippen molar-refractivity contribution in [2.75, 3.05) is 7.11 Å². The zero-order chi connectivity index (χ0) is 21.6. The summed E-state index contributed by atoms with van der Waals surface area (Å²) in [5.74, 6) is -0.950. The number of methoxy groups -OCH3 is 1. The smallest absolute Gasteiger partial charge is 0.352 e. The minimum absolute atomic E-state index is 0.00884. The number of carbonyl (C=O) groups excluding carboxylic acids is 1. The maximum Gasteiger partial charge on any atom is 0.352 e. The number of benzene rings is 2. The van der Waals surface area contributed by atoms with Gasteiger partial charge in [0.2, 0.25) is 5.91 Å². The van der Waals surface area contributed by atoms with E-state index in [2.05, 4.69) is 5.32 Å². The molecule has 2 rings (SSSR count). The summed E-state index contributed by atoms with van der Waals surface area (Å²) in [6.45, 7) is 1.38. The van der Waals surface area contributed by atoms with E-state index in [-0.39, 0.29) is 18.0 Å². The summed E-state index contributed by atoms with van der Waals surface area (Å²) >= 11 is 2.02. The lowest BCUT2D eigenvalue weighted by molar-refractivity contribution is -0.384. The SMILES string of the molecule is COc1cc(C=C(NC(C)=O)C(=O)O)cc(I)c1OCc1ccc([N+](=O)[O-])cc1. The molecule has 2 aromatic rings. The van der Waals surface area contributed by atoms with Crippen molar-refractivity contribution in [3.8, 4) is 11.5 Å². The Kier molecular flexibility index (Phi) is 7.53. The summed E-state index contributed by atoms with van der Waals surface area (Å²) in [4.78, 5) is 32.7. The average molecular weight is 512 g/mol. The molecule has 0 bridgehead atoms. The van der Waals surface area contributed by atoms with Crippen molar-refractivity contribution in [2.45, 2.75) is 13.5 Å². The monoisotopic (exact) mass is 512 g/mol. The molecule has 152 valence electrons. The van der Waals surface area contributed by atoms with Crippen molar-refractivity contribution in [1.82, 2.24) is 5.32 Å². The molecule has 1 amide bonds. The fraction of sp³-hybridized carbons (Fsp3) is 0.158. The fourth-order valence-corrected chi connectivity index (χ4v) is 3.12. The van der Waals surface area contributed by atoms with Crippen molar-refractivity contribution < 1.29 is 29.1 Å². The van der Waals surface area contributed by atoms with Crippen LogP contribution in [0.3, 0.4) is 0 Å². The summed E-state index contributed by atoms with van der Waals surface area (Å²) < 4.78 is 11.8. The van der Waals surface area contributed by atoms with Crippen LogP contribution in [0.5, 0.6) is 11.5 Å². The van der Waals surface area contributed by atoms with Gasteiger partial charge in [0, 0.05) is 19.1 Å². The molecule has 0 aliphatic heterocycles. The van der Waals surface area contributed by atoms with E-state index in [1.165, 1.54) is 32.2 Å². The topological polar surface area (TPSA) is 128 Å². The quantitative estimate of drug-likeness (QED) is 0.240. The standard InChI is InChI=1S/C19H17IN2O7/c1-11(23)21-16(19(24)25)8-13-7-15(20)18(17(9-13)28-2)29-10-12-3-5-14(6-4-12)22(26)27/h3-9H,10H2,1-2H3,(H,21,23)(H,24,25). The summed E-state index contributed by atoms with van der Waals surface area (Å²) in [5.41, 5.74) is 0.955. The molecule has 0 unspecified atom stereocenters. The Hall–Kier alpha value is -3.15. The molecule has 0 aliphatic carbocycles. The van der Waals surface area contributed by atoms with Crippen LogP contribution >= 0.6 is 22.6 Å². The Bertz CT molecular complexity index is 971. The zero-order valence-corrected chi connectivity index (χ0v) is 17.6.